The van der Waals surface area contributed by atoms with Gasteiger partial charge in [-0.2, -0.15) is 0 Å². The molecule has 306 valence electrons. The van der Waals surface area contributed by atoms with Crippen LogP contribution in [-0.4, -0.2) is 54.2 Å². The summed E-state index contributed by atoms with van der Waals surface area (Å²) < 4.78 is 5.65. The molecule has 4 aliphatic rings. The molecule has 4 fully saturated rings. The van der Waals surface area contributed by atoms with Gasteiger partial charge < -0.3 is 14.4 Å². The van der Waals surface area contributed by atoms with Gasteiger partial charge in [-0.15, -0.1) is 0 Å². The minimum atomic E-state index is 0.0947. The van der Waals surface area contributed by atoms with Gasteiger partial charge in [0.05, 0.1) is 24.2 Å². The zero-order chi connectivity index (χ0) is 39.7. The van der Waals surface area contributed by atoms with E-state index in [0.717, 1.165) is 23.1 Å². The predicted octanol–water partition coefficient (Wildman–Crippen LogP) is 14.5. The second-order valence-electron chi connectivity index (χ2n) is 20.0. The van der Waals surface area contributed by atoms with E-state index in [2.05, 4.69) is 107 Å². The number of hydrogen-bond acceptors (Lipinski definition) is 3. The largest absolute Gasteiger partial charge is 0.497 e. The van der Waals surface area contributed by atoms with E-state index in [0.29, 0.717) is 42.9 Å². The van der Waals surface area contributed by atoms with Gasteiger partial charge in [0.25, 0.3) is 6.85 Å². The van der Waals surface area contributed by atoms with Crippen molar-refractivity contribution in [1.82, 2.24) is 9.71 Å². The first-order valence-electron chi connectivity index (χ1n) is 23.5. The van der Waals surface area contributed by atoms with Crippen molar-refractivity contribution < 1.29 is 4.74 Å². The van der Waals surface area contributed by atoms with Gasteiger partial charge in [0, 0.05) is 12.1 Å². The average Bonchev–Trinajstić information content (AvgIpc) is 3.21. The Labute approximate surface area is 344 Å². The number of methoxy groups -OCH3 is 1. The van der Waals surface area contributed by atoms with Crippen LogP contribution >= 0.6 is 0 Å². The van der Waals surface area contributed by atoms with E-state index < -0.39 is 0 Å². The number of ether oxygens (including phenoxy) is 1. The summed E-state index contributed by atoms with van der Waals surface area (Å²) in [5, 5.41) is 0. The molecule has 5 nitrogen and oxygen atoms in total. The molecule has 0 saturated heterocycles. The zero-order valence-corrected chi connectivity index (χ0v) is 37.1. The highest BCUT2D eigenvalue weighted by Crippen LogP contribution is 2.46. The van der Waals surface area contributed by atoms with Crippen LogP contribution in [-0.2, 0) is 5.41 Å². The minimum Gasteiger partial charge on any atom is -0.497 e. The molecule has 0 bridgehead atoms. The van der Waals surface area contributed by atoms with Crippen molar-refractivity contribution in [3.63, 3.8) is 0 Å². The van der Waals surface area contributed by atoms with Gasteiger partial charge in [0.15, 0.2) is 5.96 Å². The lowest BCUT2D eigenvalue weighted by atomic mass is 9.29. The fourth-order valence-electron chi connectivity index (χ4n) is 11.4. The quantitative estimate of drug-likeness (QED) is 0.130. The Morgan fingerprint density at radius 2 is 0.982 bits per heavy atom. The van der Waals surface area contributed by atoms with Crippen molar-refractivity contribution in [2.45, 2.75) is 218 Å². The predicted molar refractivity (Wildman–Crippen MR) is 245 cm³/mol. The van der Waals surface area contributed by atoms with Gasteiger partial charge in [-0.1, -0.05) is 173 Å². The van der Waals surface area contributed by atoms with E-state index in [4.69, 9.17) is 14.7 Å². The summed E-state index contributed by atoms with van der Waals surface area (Å²) in [4.78, 5) is 17.5. The van der Waals surface area contributed by atoms with Gasteiger partial charge in [-0.05, 0) is 86.7 Å². The number of nitrogens with zero attached hydrogens (tertiary/aromatic N) is 4. The molecule has 2 aromatic carbocycles. The van der Waals surface area contributed by atoms with E-state index in [9.17, 15) is 0 Å². The fraction of sp³-hybridized carbons (Fsp3) is 0.714. The van der Waals surface area contributed by atoms with Crippen LogP contribution in [0.2, 0.25) is 23.3 Å². The molecule has 56 heavy (non-hydrogen) atoms. The van der Waals surface area contributed by atoms with Crippen molar-refractivity contribution in [1.29, 1.82) is 0 Å². The van der Waals surface area contributed by atoms with Crippen LogP contribution in [0.15, 0.2) is 58.5 Å². The number of amidine groups is 1. The minimum absolute atomic E-state index is 0.0947. The number of benzene rings is 2. The highest BCUT2D eigenvalue weighted by molar-refractivity contribution is 6.93. The highest BCUT2D eigenvalue weighted by atomic mass is 16.5. The third-order valence-corrected chi connectivity index (χ3v) is 14.2. The van der Waals surface area contributed by atoms with Crippen molar-refractivity contribution in [3.05, 3.63) is 54.1 Å². The van der Waals surface area contributed by atoms with E-state index >= 15 is 0 Å². The van der Waals surface area contributed by atoms with Gasteiger partial charge in [0.2, 0.25) is 6.71 Å². The monoisotopic (exact) mass is 761 g/mol. The molecule has 4 aliphatic carbocycles. The Kier molecular flexibility index (Phi) is 15.6. The summed E-state index contributed by atoms with van der Waals surface area (Å²) >= 11 is 0. The molecule has 6 rings (SSSR count). The Morgan fingerprint density at radius 3 is 1.38 bits per heavy atom. The van der Waals surface area contributed by atoms with Crippen molar-refractivity contribution in [3.8, 4) is 5.75 Å². The summed E-state index contributed by atoms with van der Waals surface area (Å²) in [6, 6.07) is 18.3. The Hall–Kier alpha value is -2.69. The van der Waals surface area contributed by atoms with Crippen LogP contribution in [0.4, 0.5) is 11.4 Å². The van der Waals surface area contributed by atoms with E-state index in [1.807, 2.05) is 0 Å². The molecule has 0 spiro atoms. The molecule has 4 saturated carbocycles. The van der Waals surface area contributed by atoms with Crippen molar-refractivity contribution in [2.24, 2.45) is 9.98 Å². The second-order valence-corrected chi connectivity index (χ2v) is 20.0. The molecule has 0 aromatic heterocycles. The third kappa shape index (κ3) is 10.9. The smallest absolute Gasteiger partial charge is 0.264 e. The number of rotatable bonds is 11. The van der Waals surface area contributed by atoms with Crippen molar-refractivity contribution >= 4 is 36.6 Å². The maximum atomic E-state index is 5.97. The topological polar surface area (TPSA) is 40.4 Å². The lowest BCUT2D eigenvalue weighted by Crippen LogP contribution is -2.62. The van der Waals surface area contributed by atoms with Crippen molar-refractivity contribution in [2.75, 3.05) is 7.11 Å². The molecule has 0 radical (unpaired) electrons. The molecular weight excluding hydrogens is 682 g/mol. The van der Waals surface area contributed by atoms with Crippen LogP contribution in [0.25, 0.3) is 0 Å². The molecule has 0 aliphatic heterocycles. The average molecular weight is 761 g/mol. The molecule has 2 aromatic rings. The normalized spacial score (nSPS) is 20.4. The number of aliphatic imine (C=N–C) groups is 2. The van der Waals surface area contributed by atoms with E-state index in [1.54, 1.807) is 7.11 Å². The molecule has 0 heterocycles. The van der Waals surface area contributed by atoms with Crippen LogP contribution in [0.5, 0.6) is 5.75 Å². The van der Waals surface area contributed by atoms with Crippen LogP contribution in [0, 0.1) is 0 Å². The highest BCUT2D eigenvalue weighted by Gasteiger charge is 2.47. The van der Waals surface area contributed by atoms with E-state index in [-0.39, 0.29) is 11.5 Å². The SMILES string of the molecule is COc1ccc(N=C(B(C2CCCCC2)C2CCCCC2)N(C(=Nc2ccc(C(C)(C)C)cc2)N(B(C2CCCCC2)C2CCCCC2)C(C)C)C(C)C)cc1. The first-order chi connectivity index (χ1) is 27.0. The summed E-state index contributed by atoms with van der Waals surface area (Å²) in [5.74, 6) is 4.74. The first kappa shape index (κ1) is 42.9. The van der Waals surface area contributed by atoms with Crippen LogP contribution in [0.3, 0.4) is 0 Å². The van der Waals surface area contributed by atoms with Gasteiger partial charge in [-0.3, -0.25) is 0 Å². The molecule has 0 unspecified atom stereocenters. The van der Waals surface area contributed by atoms with Gasteiger partial charge in [-0.25, -0.2) is 9.98 Å². The Balaban J connectivity index is 1.60. The Bertz CT molecular complexity index is 1490. The number of hydrogen-bond donors (Lipinski definition) is 0. The summed E-state index contributed by atoms with van der Waals surface area (Å²) in [6.45, 7) is 17.6. The fourth-order valence-corrected chi connectivity index (χ4v) is 11.4. The zero-order valence-electron chi connectivity index (χ0n) is 37.1. The first-order valence-corrected chi connectivity index (χ1v) is 23.5. The summed E-state index contributed by atoms with van der Waals surface area (Å²) in [6.07, 6.45) is 27.0. The standard InChI is InChI=1S/C49H78B2N4O/c1-37(2)54(47(52-44-33-35-46(56-8)36-34-44)50(40-21-13-9-14-22-40)41-23-15-10-16-24-41)48(53-45-31-29-39(30-32-45)49(5,6)7)55(38(3)4)51(42-25-17-11-18-26-42)43-27-19-12-20-28-43/h29-38,40-43H,9-28H2,1-8H3. The maximum Gasteiger partial charge on any atom is 0.264 e. The van der Waals surface area contributed by atoms with Gasteiger partial charge in [0.1, 0.15) is 5.75 Å². The summed E-state index contributed by atoms with van der Waals surface area (Å²) in [5.41, 5.74) is 4.83. The van der Waals surface area contributed by atoms with Crippen LogP contribution < -0.4 is 4.74 Å². The maximum absolute atomic E-state index is 5.97. The molecule has 0 amide bonds. The lowest BCUT2D eigenvalue weighted by Gasteiger charge is -2.50. The molecule has 0 N–H and O–H groups in total. The number of guanidine groups is 1. The van der Waals surface area contributed by atoms with Gasteiger partial charge >= 0.3 is 0 Å². The third-order valence-electron chi connectivity index (χ3n) is 14.2. The molecule has 7 heteroatoms. The second kappa shape index (κ2) is 20.3. The van der Waals surface area contributed by atoms with Crippen LogP contribution in [0.1, 0.15) is 182 Å². The summed E-state index contributed by atoms with van der Waals surface area (Å²) in [7, 11) is 1.76. The Morgan fingerprint density at radius 1 is 0.571 bits per heavy atom. The van der Waals surface area contributed by atoms with E-state index in [1.165, 1.54) is 140 Å². The molecule has 0 atom stereocenters. The lowest BCUT2D eigenvalue weighted by molar-refractivity contribution is 0.371. The molecular formula is C49H78B2N4O.